The Bertz CT molecular complexity index is 401. The number of aryl methyl sites for hydroxylation is 1. The summed E-state index contributed by atoms with van der Waals surface area (Å²) in [6, 6.07) is 2.18. The van der Waals surface area contributed by atoms with Gasteiger partial charge in [0.15, 0.2) is 0 Å². The number of rotatable bonds is 4. The molecule has 1 saturated heterocycles. The summed E-state index contributed by atoms with van der Waals surface area (Å²) >= 11 is 0. The fourth-order valence-electron chi connectivity index (χ4n) is 2.18. The molecule has 1 N–H and O–H groups in total. The highest BCUT2D eigenvalue weighted by Gasteiger charge is 2.16. The smallest absolute Gasteiger partial charge is 0.118 e. The van der Waals surface area contributed by atoms with Crippen molar-refractivity contribution < 1.29 is 9.15 Å². The first-order chi connectivity index (χ1) is 8.94. The first-order valence-corrected chi connectivity index (χ1v) is 7.07. The number of hydrogen-bond acceptors (Lipinski definition) is 4. The topological polar surface area (TPSA) is 37.6 Å². The van der Waals surface area contributed by atoms with E-state index < -0.39 is 0 Å². The molecule has 1 aliphatic rings. The van der Waals surface area contributed by atoms with Gasteiger partial charge in [-0.15, -0.1) is 0 Å². The summed E-state index contributed by atoms with van der Waals surface area (Å²) in [4.78, 5) is 2.42. The quantitative estimate of drug-likeness (QED) is 0.907. The normalized spacial score (nSPS) is 17.9. The van der Waals surface area contributed by atoms with Crippen molar-refractivity contribution >= 4 is 0 Å². The SMILES string of the molecule is Cc1oc(CNC(C)(C)C)cc1CN1CCOCC1. The van der Waals surface area contributed by atoms with Crippen LogP contribution >= 0.6 is 0 Å². The molecule has 0 radical (unpaired) electrons. The summed E-state index contributed by atoms with van der Waals surface area (Å²) in [5, 5.41) is 3.45. The van der Waals surface area contributed by atoms with Crippen molar-refractivity contribution in [3.8, 4) is 0 Å². The lowest BCUT2D eigenvalue weighted by atomic mass is 10.1. The van der Waals surface area contributed by atoms with Gasteiger partial charge in [0.1, 0.15) is 11.5 Å². The lowest BCUT2D eigenvalue weighted by Gasteiger charge is -2.26. The fourth-order valence-corrected chi connectivity index (χ4v) is 2.18. The van der Waals surface area contributed by atoms with E-state index >= 15 is 0 Å². The number of nitrogens with one attached hydrogen (secondary N) is 1. The van der Waals surface area contributed by atoms with Gasteiger partial charge >= 0.3 is 0 Å². The predicted octanol–water partition coefficient (Wildman–Crippen LogP) is 2.31. The molecule has 1 aromatic heterocycles. The van der Waals surface area contributed by atoms with Crippen LogP contribution in [0.2, 0.25) is 0 Å². The van der Waals surface area contributed by atoms with Crippen LogP contribution in [0.25, 0.3) is 0 Å². The summed E-state index contributed by atoms with van der Waals surface area (Å²) in [6.07, 6.45) is 0. The number of ether oxygens (including phenoxy) is 1. The Morgan fingerprint density at radius 1 is 1.26 bits per heavy atom. The first kappa shape index (κ1) is 14.6. The standard InChI is InChI=1S/C15H26N2O2/c1-12-13(11-17-5-7-18-8-6-17)9-14(19-12)10-16-15(2,3)4/h9,16H,5-8,10-11H2,1-4H3. The van der Waals surface area contributed by atoms with Gasteiger partial charge in [0, 0.05) is 30.7 Å². The molecule has 0 bridgehead atoms. The zero-order valence-electron chi connectivity index (χ0n) is 12.6. The Balaban J connectivity index is 1.92. The highest BCUT2D eigenvalue weighted by molar-refractivity contribution is 5.21. The second-order valence-electron chi connectivity index (χ2n) is 6.29. The Kier molecular flexibility index (Phi) is 4.66. The highest BCUT2D eigenvalue weighted by atomic mass is 16.5. The second-order valence-corrected chi connectivity index (χ2v) is 6.29. The van der Waals surface area contributed by atoms with Crippen molar-refractivity contribution in [3.05, 3.63) is 23.2 Å². The second kappa shape index (κ2) is 6.07. The number of hydrogen-bond donors (Lipinski definition) is 1. The van der Waals surface area contributed by atoms with Crippen LogP contribution < -0.4 is 5.32 Å². The summed E-state index contributed by atoms with van der Waals surface area (Å²) in [5.41, 5.74) is 1.41. The maximum absolute atomic E-state index is 5.83. The molecule has 0 spiro atoms. The van der Waals surface area contributed by atoms with E-state index in [1.54, 1.807) is 0 Å². The largest absolute Gasteiger partial charge is 0.465 e. The van der Waals surface area contributed by atoms with Crippen LogP contribution in [0.3, 0.4) is 0 Å². The molecule has 0 atom stereocenters. The Hall–Kier alpha value is -0.840. The van der Waals surface area contributed by atoms with Crippen LogP contribution in [0.5, 0.6) is 0 Å². The molecule has 108 valence electrons. The van der Waals surface area contributed by atoms with Gasteiger partial charge in [0.25, 0.3) is 0 Å². The molecule has 0 aromatic carbocycles. The maximum atomic E-state index is 5.83. The van der Waals surface area contributed by atoms with Gasteiger partial charge in [-0.05, 0) is 33.8 Å². The van der Waals surface area contributed by atoms with E-state index in [1.165, 1.54) is 5.56 Å². The van der Waals surface area contributed by atoms with Crippen LogP contribution in [0, 0.1) is 6.92 Å². The summed E-state index contributed by atoms with van der Waals surface area (Å²) < 4.78 is 11.2. The molecule has 19 heavy (non-hydrogen) atoms. The molecule has 0 aliphatic carbocycles. The van der Waals surface area contributed by atoms with Gasteiger partial charge in [-0.3, -0.25) is 4.90 Å². The maximum Gasteiger partial charge on any atom is 0.118 e. The van der Waals surface area contributed by atoms with Gasteiger partial charge in [-0.25, -0.2) is 0 Å². The predicted molar refractivity (Wildman–Crippen MR) is 76.1 cm³/mol. The molecule has 2 rings (SSSR count). The highest BCUT2D eigenvalue weighted by Crippen LogP contribution is 2.18. The average Bonchev–Trinajstić information content (AvgIpc) is 2.68. The third-order valence-corrected chi connectivity index (χ3v) is 3.36. The van der Waals surface area contributed by atoms with E-state index in [4.69, 9.17) is 9.15 Å². The first-order valence-electron chi connectivity index (χ1n) is 7.07. The molecular weight excluding hydrogens is 240 g/mol. The third-order valence-electron chi connectivity index (χ3n) is 3.36. The average molecular weight is 266 g/mol. The summed E-state index contributed by atoms with van der Waals surface area (Å²) in [5.74, 6) is 2.06. The minimum atomic E-state index is 0.116. The lowest BCUT2D eigenvalue weighted by molar-refractivity contribution is 0.0340. The molecule has 1 fully saturated rings. The minimum Gasteiger partial charge on any atom is -0.465 e. The third kappa shape index (κ3) is 4.64. The number of furan rings is 1. The van der Waals surface area contributed by atoms with Gasteiger partial charge in [-0.1, -0.05) is 0 Å². The van der Waals surface area contributed by atoms with E-state index in [9.17, 15) is 0 Å². The molecule has 1 aliphatic heterocycles. The number of morpholine rings is 1. The Morgan fingerprint density at radius 2 is 1.95 bits per heavy atom. The zero-order chi connectivity index (χ0) is 13.9. The van der Waals surface area contributed by atoms with E-state index in [-0.39, 0.29) is 5.54 Å². The lowest BCUT2D eigenvalue weighted by Crippen LogP contribution is -2.35. The van der Waals surface area contributed by atoms with Gasteiger partial charge < -0.3 is 14.5 Å². The molecule has 0 unspecified atom stereocenters. The van der Waals surface area contributed by atoms with Crippen molar-refractivity contribution in [2.75, 3.05) is 26.3 Å². The molecular formula is C15H26N2O2. The minimum absolute atomic E-state index is 0.116. The monoisotopic (exact) mass is 266 g/mol. The van der Waals surface area contributed by atoms with Crippen molar-refractivity contribution in [3.63, 3.8) is 0 Å². The van der Waals surface area contributed by atoms with Crippen LogP contribution in [0.15, 0.2) is 10.5 Å². The van der Waals surface area contributed by atoms with Gasteiger partial charge in [0.05, 0.1) is 19.8 Å². The van der Waals surface area contributed by atoms with Crippen LogP contribution in [0.1, 0.15) is 37.9 Å². The van der Waals surface area contributed by atoms with Crippen LogP contribution in [0.4, 0.5) is 0 Å². The van der Waals surface area contributed by atoms with E-state index in [0.29, 0.717) is 0 Å². The molecule has 0 amide bonds. The van der Waals surface area contributed by atoms with Crippen LogP contribution in [-0.4, -0.2) is 36.7 Å². The van der Waals surface area contributed by atoms with Crippen molar-refractivity contribution in [1.82, 2.24) is 10.2 Å². The van der Waals surface area contributed by atoms with Gasteiger partial charge in [0.2, 0.25) is 0 Å². The Morgan fingerprint density at radius 3 is 2.58 bits per heavy atom. The Labute approximate surface area is 116 Å². The van der Waals surface area contributed by atoms with Crippen LogP contribution in [-0.2, 0) is 17.8 Å². The molecule has 4 heteroatoms. The molecule has 0 saturated carbocycles. The molecule has 4 nitrogen and oxygen atoms in total. The number of nitrogens with zero attached hydrogens (tertiary/aromatic N) is 1. The molecule has 1 aromatic rings. The zero-order valence-corrected chi connectivity index (χ0v) is 12.6. The van der Waals surface area contributed by atoms with Crippen molar-refractivity contribution in [2.24, 2.45) is 0 Å². The summed E-state index contributed by atoms with van der Waals surface area (Å²) in [7, 11) is 0. The van der Waals surface area contributed by atoms with Crippen molar-refractivity contribution in [2.45, 2.75) is 46.3 Å². The summed E-state index contributed by atoms with van der Waals surface area (Å²) in [6.45, 7) is 14.0. The van der Waals surface area contributed by atoms with E-state index in [2.05, 4.69) is 44.0 Å². The van der Waals surface area contributed by atoms with Gasteiger partial charge in [-0.2, -0.15) is 0 Å². The molecule has 2 heterocycles. The van der Waals surface area contributed by atoms with Crippen molar-refractivity contribution in [1.29, 1.82) is 0 Å². The van der Waals surface area contributed by atoms with E-state index in [1.807, 2.05) is 0 Å². The fraction of sp³-hybridized carbons (Fsp3) is 0.733. The van der Waals surface area contributed by atoms with E-state index in [0.717, 1.165) is 50.9 Å².